The summed E-state index contributed by atoms with van der Waals surface area (Å²) in [6, 6.07) is 15.5. The Morgan fingerprint density at radius 2 is 1.81 bits per heavy atom. The van der Waals surface area contributed by atoms with E-state index >= 15 is 0 Å². The predicted molar refractivity (Wildman–Crippen MR) is 129 cm³/mol. The van der Waals surface area contributed by atoms with E-state index in [0.29, 0.717) is 16.5 Å². The zero-order valence-corrected chi connectivity index (χ0v) is 18.9. The first-order chi connectivity index (χ1) is 15.1. The van der Waals surface area contributed by atoms with E-state index in [2.05, 4.69) is 20.1 Å². The van der Waals surface area contributed by atoms with Crippen LogP contribution in [0.5, 0.6) is 0 Å². The average Bonchev–Trinajstić information content (AvgIpc) is 2.77. The Morgan fingerprint density at radius 3 is 2.61 bits per heavy atom. The highest BCUT2D eigenvalue weighted by molar-refractivity contribution is 6.36. The first-order valence-corrected chi connectivity index (χ1v) is 11.4. The van der Waals surface area contributed by atoms with Crippen molar-refractivity contribution in [3.8, 4) is 0 Å². The van der Waals surface area contributed by atoms with Gasteiger partial charge in [0.2, 0.25) is 5.91 Å². The summed E-state index contributed by atoms with van der Waals surface area (Å²) in [6.07, 6.45) is 4.11. The zero-order valence-electron chi connectivity index (χ0n) is 17.4. The number of amides is 1. The molecule has 5 nitrogen and oxygen atoms in total. The lowest BCUT2D eigenvalue weighted by Crippen LogP contribution is -2.46. The first kappa shape index (κ1) is 21.9. The summed E-state index contributed by atoms with van der Waals surface area (Å²) in [7, 11) is 0. The van der Waals surface area contributed by atoms with Crippen LogP contribution in [0.1, 0.15) is 19.3 Å². The third kappa shape index (κ3) is 5.88. The van der Waals surface area contributed by atoms with Gasteiger partial charge in [-0.15, -0.1) is 0 Å². The Morgan fingerprint density at radius 1 is 1.00 bits per heavy atom. The van der Waals surface area contributed by atoms with Crippen molar-refractivity contribution in [1.82, 2.24) is 9.88 Å². The van der Waals surface area contributed by atoms with Crippen molar-refractivity contribution >= 4 is 51.4 Å². The predicted octanol–water partition coefficient (Wildman–Crippen LogP) is 5.47. The number of benzene rings is 2. The normalized spacial score (nSPS) is 14.7. The van der Waals surface area contributed by atoms with E-state index < -0.39 is 0 Å². The molecule has 2 heterocycles. The summed E-state index contributed by atoms with van der Waals surface area (Å²) in [5, 5.41) is 5.35. The number of pyridine rings is 1. The minimum absolute atomic E-state index is 0.0410. The van der Waals surface area contributed by atoms with Crippen molar-refractivity contribution in [2.24, 2.45) is 0 Å². The number of fused-ring (bicyclic) bond motifs is 1. The van der Waals surface area contributed by atoms with Gasteiger partial charge in [-0.1, -0.05) is 41.4 Å². The van der Waals surface area contributed by atoms with Gasteiger partial charge in [-0.2, -0.15) is 0 Å². The molecule has 0 saturated carbocycles. The molecule has 1 aliphatic heterocycles. The van der Waals surface area contributed by atoms with E-state index in [1.54, 1.807) is 12.3 Å². The Hall–Kier alpha value is -2.34. The monoisotopic (exact) mass is 456 g/mol. The van der Waals surface area contributed by atoms with Gasteiger partial charge < -0.3 is 10.2 Å². The van der Waals surface area contributed by atoms with E-state index in [1.165, 1.54) is 0 Å². The number of nitrogens with zero attached hydrogens (tertiary/aromatic N) is 3. The molecule has 1 N–H and O–H groups in total. The second-order valence-electron chi connectivity index (χ2n) is 7.85. The summed E-state index contributed by atoms with van der Waals surface area (Å²) in [4.78, 5) is 21.4. The number of carbonyl (C=O) groups is 1. The number of nitrogens with one attached hydrogen (secondary N) is 1. The van der Waals surface area contributed by atoms with Crippen LogP contribution in [0.2, 0.25) is 10.0 Å². The van der Waals surface area contributed by atoms with Gasteiger partial charge in [0, 0.05) is 43.0 Å². The summed E-state index contributed by atoms with van der Waals surface area (Å²) >= 11 is 12.3. The highest BCUT2D eigenvalue weighted by Gasteiger charge is 2.18. The molecular weight excluding hydrogens is 431 g/mol. The van der Waals surface area contributed by atoms with Crippen LogP contribution in [0.3, 0.4) is 0 Å². The van der Waals surface area contributed by atoms with Gasteiger partial charge in [-0.05, 0) is 49.7 Å². The molecule has 0 bridgehead atoms. The number of para-hydroxylation sites is 1. The number of carbonyl (C=O) groups excluding carboxylic acids is 1. The van der Waals surface area contributed by atoms with Crippen LogP contribution in [-0.4, -0.2) is 48.5 Å². The van der Waals surface area contributed by atoms with Crippen molar-refractivity contribution in [3.05, 3.63) is 64.8 Å². The molecule has 2 aromatic carbocycles. The zero-order chi connectivity index (χ0) is 21.6. The standard InChI is InChI=1S/C24H26Cl2N4O/c25-19-8-9-23(21(26)16-19)30-13-11-29(12-14-30)10-4-3-7-24(31)28-20-15-18-5-1-2-6-22(18)27-17-20/h1-2,5-6,8-9,15-17H,3-4,7,10-14H2,(H,28,31). The minimum atomic E-state index is 0.0410. The fourth-order valence-electron chi connectivity index (χ4n) is 3.93. The maximum Gasteiger partial charge on any atom is 0.224 e. The van der Waals surface area contributed by atoms with Gasteiger partial charge in [0.05, 0.1) is 28.1 Å². The van der Waals surface area contributed by atoms with Crippen molar-refractivity contribution in [1.29, 1.82) is 0 Å². The number of halogens is 2. The van der Waals surface area contributed by atoms with Crippen molar-refractivity contribution in [2.75, 3.05) is 42.9 Å². The minimum Gasteiger partial charge on any atom is -0.368 e. The van der Waals surface area contributed by atoms with Gasteiger partial charge in [0.1, 0.15) is 0 Å². The summed E-state index contributed by atoms with van der Waals surface area (Å²) in [5.41, 5.74) is 2.73. The van der Waals surface area contributed by atoms with Crippen LogP contribution >= 0.6 is 23.2 Å². The Labute approximate surface area is 193 Å². The number of unbranched alkanes of at least 4 members (excludes halogenated alkanes) is 1. The Bertz CT molecular complexity index is 1050. The molecule has 0 atom stereocenters. The van der Waals surface area contributed by atoms with E-state index in [9.17, 15) is 4.79 Å². The number of piperazine rings is 1. The van der Waals surface area contributed by atoms with Gasteiger partial charge in [-0.3, -0.25) is 14.7 Å². The molecule has 1 aliphatic rings. The van der Waals surface area contributed by atoms with Gasteiger partial charge >= 0.3 is 0 Å². The number of hydrogen-bond donors (Lipinski definition) is 1. The van der Waals surface area contributed by atoms with Crippen LogP contribution in [0.15, 0.2) is 54.7 Å². The van der Waals surface area contributed by atoms with Crippen LogP contribution in [0.25, 0.3) is 10.9 Å². The third-order valence-electron chi connectivity index (χ3n) is 5.63. The second-order valence-corrected chi connectivity index (χ2v) is 8.69. The van der Waals surface area contributed by atoms with Crippen molar-refractivity contribution < 1.29 is 4.79 Å². The maximum atomic E-state index is 12.3. The summed E-state index contributed by atoms with van der Waals surface area (Å²) in [6.45, 7) is 4.88. The fraction of sp³-hybridized carbons (Fsp3) is 0.333. The maximum absolute atomic E-state index is 12.3. The molecule has 1 fully saturated rings. The molecule has 7 heteroatoms. The summed E-state index contributed by atoms with van der Waals surface area (Å²) < 4.78 is 0. The Kier molecular flexibility index (Phi) is 7.28. The topological polar surface area (TPSA) is 48.5 Å². The molecule has 4 rings (SSSR count). The smallest absolute Gasteiger partial charge is 0.224 e. The molecule has 0 unspecified atom stereocenters. The molecule has 162 valence electrons. The highest BCUT2D eigenvalue weighted by atomic mass is 35.5. The van der Waals surface area contributed by atoms with Crippen LogP contribution in [0.4, 0.5) is 11.4 Å². The molecule has 1 amide bonds. The van der Waals surface area contributed by atoms with Gasteiger partial charge in [-0.25, -0.2) is 0 Å². The lowest BCUT2D eigenvalue weighted by Gasteiger charge is -2.36. The average molecular weight is 457 g/mol. The third-order valence-corrected chi connectivity index (χ3v) is 6.16. The molecule has 0 aliphatic carbocycles. The number of aromatic nitrogens is 1. The van der Waals surface area contributed by atoms with Crippen molar-refractivity contribution in [3.63, 3.8) is 0 Å². The molecule has 0 radical (unpaired) electrons. The van der Waals surface area contributed by atoms with Gasteiger partial charge in [0.15, 0.2) is 0 Å². The Balaban J connectivity index is 1.16. The quantitative estimate of drug-likeness (QED) is 0.478. The lowest BCUT2D eigenvalue weighted by molar-refractivity contribution is -0.116. The van der Waals surface area contributed by atoms with E-state index in [1.807, 2.05) is 42.5 Å². The summed E-state index contributed by atoms with van der Waals surface area (Å²) in [5.74, 6) is 0.0410. The van der Waals surface area contributed by atoms with Gasteiger partial charge in [0.25, 0.3) is 0 Å². The number of rotatable bonds is 7. The number of anilines is 2. The van der Waals surface area contributed by atoms with E-state index in [4.69, 9.17) is 23.2 Å². The van der Waals surface area contributed by atoms with Crippen molar-refractivity contribution in [2.45, 2.75) is 19.3 Å². The molecule has 31 heavy (non-hydrogen) atoms. The molecule has 0 spiro atoms. The van der Waals surface area contributed by atoms with Crippen LogP contribution in [0, 0.1) is 0 Å². The largest absolute Gasteiger partial charge is 0.368 e. The number of hydrogen-bond acceptors (Lipinski definition) is 4. The van der Waals surface area contributed by atoms with E-state index in [0.717, 1.165) is 67.8 Å². The fourth-order valence-corrected chi connectivity index (χ4v) is 4.46. The lowest BCUT2D eigenvalue weighted by atomic mass is 10.2. The molecule has 1 saturated heterocycles. The molecule has 1 aromatic heterocycles. The first-order valence-electron chi connectivity index (χ1n) is 10.7. The molecule has 3 aromatic rings. The van der Waals surface area contributed by atoms with E-state index in [-0.39, 0.29) is 5.91 Å². The van der Waals surface area contributed by atoms with Crippen LogP contribution in [-0.2, 0) is 4.79 Å². The van der Waals surface area contributed by atoms with Crippen LogP contribution < -0.4 is 10.2 Å². The SMILES string of the molecule is O=C(CCCCN1CCN(c2ccc(Cl)cc2Cl)CC1)Nc1cnc2ccccc2c1. The highest BCUT2D eigenvalue weighted by Crippen LogP contribution is 2.29. The second kappa shape index (κ2) is 10.3. The molecular formula is C24H26Cl2N4O.